The van der Waals surface area contributed by atoms with E-state index in [4.69, 9.17) is 9.47 Å². The maximum atomic E-state index is 11.9. The predicted octanol–water partition coefficient (Wildman–Crippen LogP) is 1.62. The van der Waals surface area contributed by atoms with Crippen molar-refractivity contribution in [2.75, 3.05) is 32.8 Å². The number of likely N-dealkylation sites (tertiary alicyclic amines) is 1. The van der Waals surface area contributed by atoms with Crippen molar-refractivity contribution in [3.8, 4) is 0 Å². The minimum atomic E-state index is -0.195. The molecule has 0 aromatic carbocycles. The van der Waals surface area contributed by atoms with E-state index in [1.165, 1.54) is 0 Å². The number of nitrogens with one attached hydrogen (secondary N) is 1. The van der Waals surface area contributed by atoms with E-state index in [9.17, 15) is 4.79 Å². The predicted molar refractivity (Wildman–Crippen MR) is 73.1 cm³/mol. The first kappa shape index (κ1) is 14.6. The quantitative estimate of drug-likeness (QED) is 0.828. The lowest BCUT2D eigenvalue weighted by Gasteiger charge is -2.36. The first-order valence-corrected chi connectivity index (χ1v) is 7.26. The summed E-state index contributed by atoms with van der Waals surface area (Å²) in [5, 5.41) is 3.30. The summed E-state index contributed by atoms with van der Waals surface area (Å²) in [5.41, 5.74) is -0.185. The van der Waals surface area contributed by atoms with E-state index in [-0.39, 0.29) is 17.8 Å². The third kappa shape index (κ3) is 4.35. The maximum absolute atomic E-state index is 11.9. The first-order valence-electron chi connectivity index (χ1n) is 7.26. The minimum absolute atomic E-state index is 0.0450. The van der Waals surface area contributed by atoms with Crippen molar-refractivity contribution in [1.82, 2.24) is 10.2 Å². The van der Waals surface area contributed by atoms with Crippen LogP contribution >= 0.6 is 0 Å². The molecule has 0 aliphatic carbocycles. The van der Waals surface area contributed by atoms with Gasteiger partial charge in [0.05, 0.1) is 5.60 Å². The lowest BCUT2D eigenvalue weighted by atomic mass is 10.00. The van der Waals surface area contributed by atoms with Gasteiger partial charge < -0.3 is 19.7 Å². The van der Waals surface area contributed by atoms with Gasteiger partial charge in [-0.15, -0.1) is 0 Å². The molecular weight excluding hydrogens is 244 g/mol. The summed E-state index contributed by atoms with van der Waals surface area (Å²) in [4.78, 5) is 13.7. The monoisotopic (exact) mass is 270 g/mol. The van der Waals surface area contributed by atoms with Gasteiger partial charge in [0.2, 0.25) is 0 Å². The van der Waals surface area contributed by atoms with Crippen molar-refractivity contribution in [2.24, 2.45) is 5.92 Å². The van der Waals surface area contributed by atoms with E-state index in [0.717, 1.165) is 44.9 Å². The fourth-order valence-electron chi connectivity index (χ4n) is 2.61. The molecule has 0 aromatic heterocycles. The van der Waals surface area contributed by atoms with Crippen LogP contribution in [-0.4, -0.2) is 55.5 Å². The summed E-state index contributed by atoms with van der Waals surface area (Å²) in [6, 6.07) is 0. The molecule has 2 aliphatic heterocycles. The molecule has 5 nitrogen and oxygen atoms in total. The Labute approximate surface area is 115 Å². The topological polar surface area (TPSA) is 50.8 Å². The lowest BCUT2D eigenvalue weighted by Crippen LogP contribution is -2.52. The highest BCUT2D eigenvalue weighted by Gasteiger charge is 2.29. The second-order valence-electron chi connectivity index (χ2n) is 6.38. The number of carbonyl (C=O) groups excluding carboxylic acids is 1. The van der Waals surface area contributed by atoms with Gasteiger partial charge in [0.15, 0.2) is 0 Å². The molecule has 0 bridgehead atoms. The van der Waals surface area contributed by atoms with E-state index in [0.29, 0.717) is 6.61 Å². The highest BCUT2D eigenvalue weighted by atomic mass is 16.6. The Morgan fingerprint density at radius 3 is 2.74 bits per heavy atom. The van der Waals surface area contributed by atoms with Gasteiger partial charge in [-0.05, 0) is 32.6 Å². The summed E-state index contributed by atoms with van der Waals surface area (Å²) in [5.74, 6) is 0.718. The maximum Gasteiger partial charge on any atom is 0.409 e. The van der Waals surface area contributed by atoms with Gasteiger partial charge in [-0.3, -0.25) is 0 Å². The number of carbonyl (C=O) groups is 1. The summed E-state index contributed by atoms with van der Waals surface area (Å²) < 4.78 is 11.2. The fraction of sp³-hybridized carbons (Fsp3) is 0.929. The van der Waals surface area contributed by atoms with Crippen molar-refractivity contribution in [3.63, 3.8) is 0 Å². The number of hydrogen-bond acceptors (Lipinski definition) is 4. The van der Waals surface area contributed by atoms with Gasteiger partial charge in [0, 0.05) is 26.2 Å². The molecule has 2 fully saturated rings. The van der Waals surface area contributed by atoms with E-state index in [1.54, 1.807) is 4.90 Å². The molecule has 5 heteroatoms. The van der Waals surface area contributed by atoms with Crippen LogP contribution in [0.1, 0.15) is 33.6 Å². The van der Waals surface area contributed by atoms with Gasteiger partial charge in [0.1, 0.15) is 12.7 Å². The van der Waals surface area contributed by atoms with Crippen LogP contribution in [0.5, 0.6) is 0 Å². The molecule has 1 N–H and O–H groups in total. The zero-order chi connectivity index (χ0) is 13.9. The van der Waals surface area contributed by atoms with Crippen molar-refractivity contribution in [2.45, 2.75) is 45.3 Å². The number of nitrogens with zero attached hydrogens (tertiary/aromatic N) is 1. The second-order valence-corrected chi connectivity index (χ2v) is 6.38. The fourth-order valence-corrected chi connectivity index (χ4v) is 2.61. The highest BCUT2D eigenvalue weighted by molar-refractivity contribution is 5.67. The molecule has 2 saturated heterocycles. The largest absolute Gasteiger partial charge is 0.447 e. The van der Waals surface area contributed by atoms with E-state index < -0.39 is 0 Å². The Bertz CT molecular complexity index is 312. The van der Waals surface area contributed by atoms with E-state index in [2.05, 4.69) is 12.2 Å². The number of piperidine rings is 1. The Balaban J connectivity index is 1.71. The smallest absolute Gasteiger partial charge is 0.409 e. The van der Waals surface area contributed by atoms with Gasteiger partial charge >= 0.3 is 6.09 Å². The van der Waals surface area contributed by atoms with Gasteiger partial charge in [0.25, 0.3) is 0 Å². The molecule has 0 spiro atoms. The van der Waals surface area contributed by atoms with Crippen LogP contribution < -0.4 is 5.32 Å². The molecule has 2 aliphatic rings. The molecule has 2 heterocycles. The second kappa shape index (κ2) is 6.09. The summed E-state index contributed by atoms with van der Waals surface area (Å²) in [6.07, 6.45) is 1.91. The Kier molecular flexibility index (Phi) is 4.68. The molecule has 0 aromatic rings. The zero-order valence-electron chi connectivity index (χ0n) is 12.3. The third-order valence-electron chi connectivity index (χ3n) is 3.84. The SMILES string of the molecule is CC1CCN(C(=O)OCC2CNCC(C)(C)O2)CC1. The zero-order valence-corrected chi connectivity index (χ0v) is 12.3. The number of morpholine rings is 1. The molecule has 110 valence electrons. The van der Waals surface area contributed by atoms with Crippen LogP contribution in [0.15, 0.2) is 0 Å². The van der Waals surface area contributed by atoms with Crippen LogP contribution in [0.25, 0.3) is 0 Å². The molecule has 0 saturated carbocycles. The van der Waals surface area contributed by atoms with Crippen molar-refractivity contribution < 1.29 is 14.3 Å². The van der Waals surface area contributed by atoms with Crippen LogP contribution in [0, 0.1) is 5.92 Å². The van der Waals surface area contributed by atoms with Crippen molar-refractivity contribution in [1.29, 1.82) is 0 Å². The lowest BCUT2D eigenvalue weighted by molar-refractivity contribution is -0.113. The molecule has 1 unspecified atom stereocenters. The molecule has 1 atom stereocenters. The molecular formula is C14H26N2O3. The van der Waals surface area contributed by atoms with Gasteiger partial charge in [-0.2, -0.15) is 0 Å². The highest BCUT2D eigenvalue weighted by Crippen LogP contribution is 2.18. The molecule has 0 radical (unpaired) electrons. The Morgan fingerprint density at radius 2 is 2.11 bits per heavy atom. The summed E-state index contributed by atoms with van der Waals surface area (Å²) in [7, 11) is 0. The third-order valence-corrected chi connectivity index (χ3v) is 3.84. The number of ether oxygens (including phenoxy) is 2. The average molecular weight is 270 g/mol. The van der Waals surface area contributed by atoms with Crippen LogP contribution in [0.4, 0.5) is 4.79 Å². The standard InChI is InChI=1S/C14H26N2O3/c1-11-4-6-16(7-5-11)13(17)18-9-12-8-15-10-14(2,3)19-12/h11-12,15H,4-10H2,1-3H3. The Morgan fingerprint density at radius 1 is 1.42 bits per heavy atom. The number of rotatable bonds is 2. The van der Waals surface area contributed by atoms with Gasteiger partial charge in [-0.25, -0.2) is 4.79 Å². The van der Waals surface area contributed by atoms with E-state index in [1.807, 2.05) is 13.8 Å². The average Bonchev–Trinajstić information content (AvgIpc) is 2.36. The number of amides is 1. The first-order chi connectivity index (χ1) is 8.96. The minimum Gasteiger partial charge on any atom is -0.447 e. The Hall–Kier alpha value is -0.810. The van der Waals surface area contributed by atoms with Crippen LogP contribution in [-0.2, 0) is 9.47 Å². The molecule has 1 amide bonds. The van der Waals surface area contributed by atoms with Gasteiger partial charge in [-0.1, -0.05) is 6.92 Å². The summed E-state index contributed by atoms with van der Waals surface area (Å²) >= 11 is 0. The van der Waals surface area contributed by atoms with Crippen LogP contribution in [0.3, 0.4) is 0 Å². The number of hydrogen-bond donors (Lipinski definition) is 1. The van der Waals surface area contributed by atoms with Crippen molar-refractivity contribution >= 4 is 6.09 Å². The van der Waals surface area contributed by atoms with Crippen molar-refractivity contribution in [3.05, 3.63) is 0 Å². The normalized spacial score (nSPS) is 28.2. The summed E-state index contributed by atoms with van der Waals surface area (Å²) in [6.45, 7) is 9.85. The van der Waals surface area contributed by atoms with Crippen LogP contribution in [0.2, 0.25) is 0 Å². The van der Waals surface area contributed by atoms with E-state index >= 15 is 0 Å². The molecule has 19 heavy (non-hydrogen) atoms. The molecule has 2 rings (SSSR count).